The molecular weight excluding hydrogens is 188 g/mol. The van der Waals surface area contributed by atoms with Crippen LogP contribution in [0.5, 0.6) is 0 Å². The molecule has 0 spiro atoms. The van der Waals surface area contributed by atoms with E-state index in [1.165, 1.54) is 0 Å². The highest BCUT2D eigenvalue weighted by Crippen LogP contribution is 2.22. The minimum Gasteiger partial charge on any atom is -0.465 e. The van der Waals surface area contributed by atoms with Gasteiger partial charge in [-0.05, 0) is 23.7 Å². The van der Waals surface area contributed by atoms with Crippen LogP contribution in [0.2, 0.25) is 0 Å². The van der Waals surface area contributed by atoms with Crippen LogP contribution in [0.1, 0.15) is 60.8 Å². The average Bonchev–Trinajstić information content (AvgIpc) is 2.10. The van der Waals surface area contributed by atoms with Gasteiger partial charge in [0.05, 0.1) is 6.61 Å². The van der Waals surface area contributed by atoms with Crippen LogP contribution in [-0.2, 0) is 9.53 Å². The summed E-state index contributed by atoms with van der Waals surface area (Å²) in [5.74, 6) is -0.0635. The van der Waals surface area contributed by atoms with E-state index in [0.717, 1.165) is 12.8 Å². The van der Waals surface area contributed by atoms with Gasteiger partial charge in [-0.15, -0.1) is 0 Å². The Bertz CT molecular complexity index is 199. The third-order valence-electron chi connectivity index (χ3n) is 2.66. The zero-order valence-electron chi connectivity index (χ0n) is 11.1. The Balaban J connectivity index is 3.77. The molecule has 90 valence electrons. The van der Waals surface area contributed by atoms with Gasteiger partial charge in [0.25, 0.3) is 0 Å². The van der Waals surface area contributed by atoms with Crippen LogP contribution < -0.4 is 0 Å². The number of rotatable bonds is 5. The van der Waals surface area contributed by atoms with Crippen LogP contribution in [0.15, 0.2) is 0 Å². The molecule has 0 heterocycles. The van der Waals surface area contributed by atoms with E-state index in [9.17, 15) is 4.79 Å². The van der Waals surface area contributed by atoms with E-state index in [1.54, 1.807) is 0 Å². The predicted molar refractivity (Wildman–Crippen MR) is 63.7 cm³/mol. The second-order valence-electron chi connectivity index (χ2n) is 6.24. The standard InChI is InChI=1S/C13H26O2/c1-7-13(5,6)10-15-11(14)8-9-12(2,3)4/h7-10H2,1-6H3. The van der Waals surface area contributed by atoms with Gasteiger partial charge in [-0.25, -0.2) is 0 Å². The molecule has 0 rings (SSSR count). The Morgan fingerprint density at radius 2 is 1.67 bits per heavy atom. The minimum atomic E-state index is -0.0635. The SMILES string of the molecule is CCC(C)(C)COC(=O)CCC(C)(C)C. The number of carbonyl (C=O) groups is 1. The van der Waals surface area contributed by atoms with Crippen molar-refractivity contribution in [2.75, 3.05) is 6.61 Å². The first kappa shape index (κ1) is 14.5. The highest BCUT2D eigenvalue weighted by Gasteiger charge is 2.19. The number of carbonyl (C=O) groups excluding carboxylic acids is 1. The second-order valence-corrected chi connectivity index (χ2v) is 6.24. The molecule has 0 fully saturated rings. The fraction of sp³-hybridized carbons (Fsp3) is 0.923. The summed E-state index contributed by atoms with van der Waals surface area (Å²) in [5.41, 5.74) is 0.316. The molecule has 0 atom stereocenters. The van der Waals surface area contributed by atoms with Gasteiger partial charge in [-0.2, -0.15) is 0 Å². The van der Waals surface area contributed by atoms with E-state index in [-0.39, 0.29) is 16.8 Å². The van der Waals surface area contributed by atoms with Crippen LogP contribution in [0, 0.1) is 10.8 Å². The molecule has 15 heavy (non-hydrogen) atoms. The van der Waals surface area contributed by atoms with Gasteiger partial charge in [0, 0.05) is 6.42 Å². The molecule has 2 heteroatoms. The van der Waals surface area contributed by atoms with E-state index < -0.39 is 0 Å². The zero-order chi connectivity index (χ0) is 12.1. The fourth-order valence-electron chi connectivity index (χ4n) is 0.927. The van der Waals surface area contributed by atoms with Gasteiger partial charge in [0.2, 0.25) is 0 Å². The van der Waals surface area contributed by atoms with Crippen molar-refractivity contribution in [1.82, 2.24) is 0 Å². The summed E-state index contributed by atoms with van der Waals surface area (Å²) in [6.45, 7) is 13.3. The van der Waals surface area contributed by atoms with Crippen molar-refractivity contribution in [1.29, 1.82) is 0 Å². The normalized spacial score (nSPS) is 12.7. The summed E-state index contributed by atoms with van der Waals surface area (Å²) in [6.07, 6.45) is 2.45. The van der Waals surface area contributed by atoms with Crippen LogP contribution in [0.4, 0.5) is 0 Å². The summed E-state index contributed by atoms with van der Waals surface area (Å²) < 4.78 is 5.25. The summed E-state index contributed by atoms with van der Waals surface area (Å²) in [5, 5.41) is 0. The Kier molecular flexibility index (Phi) is 5.33. The average molecular weight is 214 g/mol. The zero-order valence-corrected chi connectivity index (χ0v) is 11.1. The predicted octanol–water partition coefficient (Wildman–Crippen LogP) is 3.79. The maximum Gasteiger partial charge on any atom is 0.305 e. The Hall–Kier alpha value is -0.530. The molecule has 0 aliphatic heterocycles. The van der Waals surface area contributed by atoms with E-state index in [4.69, 9.17) is 4.74 Å². The third kappa shape index (κ3) is 8.46. The summed E-state index contributed by atoms with van der Waals surface area (Å²) in [6, 6.07) is 0. The molecule has 2 nitrogen and oxygen atoms in total. The largest absolute Gasteiger partial charge is 0.465 e. The fourth-order valence-corrected chi connectivity index (χ4v) is 0.927. The van der Waals surface area contributed by atoms with Crippen molar-refractivity contribution in [3.8, 4) is 0 Å². The summed E-state index contributed by atoms with van der Waals surface area (Å²) >= 11 is 0. The van der Waals surface area contributed by atoms with Crippen LogP contribution in [0.25, 0.3) is 0 Å². The van der Waals surface area contributed by atoms with Crippen molar-refractivity contribution in [2.24, 2.45) is 10.8 Å². The lowest BCUT2D eigenvalue weighted by atomic mass is 9.90. The lowest BCUT2D eigenvalue weighted by Gasteiger charge is -2.22. The first-order chi connectivity index (χ1) is 6.66. The number of ether oxygens (including phenoxy) is 1. The number of hydrogen-bond acceptors (Lipinski definition) is 2. The van der Waals surface area contributed by atoms with Crippen molar-refractivity contribution in [3.05, 3.63) is 0 Å². The van der Waals surface area contributed by atoms with Crippen LogP contribution >= 0.6 is 0 Å². The van der Waals surface area contributed by atoms with Gasteiger partial charge >= 0.3 is 5.97 Å². The van der Waals surface area contributed by atoms with Crippen molar-refractivity contribution in [2.45, 2.75) is 60.8 Å². The second kappa shape index (κ2) is 5.53. The van der Waals surface area contributed by atoms with E-state index >= 15 is 0 Å². The molecular formula is C13H26O2. The summed E-state index contributed by atoms with van der Waals surface area (Å²) in [4.78, 5) is 11.4. The highest BCUT2D eigenvalue weighted by atomic mass is 16.5. The van der Waals surface area contributed by atoms with Crippen LogP contribution in [0.3, 0.4) is 0 Å². The van der Waals surface area contributed by atoms with Crippen molar-refractivity contribution in [3.63, 3.8) is 0 Å². The molecule has 0 aromatic rings. The monoisotopic (exact) mass is 214 g/mol. The smallest absolute Gasteiger partial charge is 0.305 e. The maximum atomic E-state index is 11.4. The maximum absolute atomic E-state index is 11.4. The molecule has 0 aliphatic carbocycles. The van der Waals surface area contributed by atoms with Crippen molar-refractivity contribution < 1.29 is 9.53 Å². The first-order valence-corrected chi connectivity index (χ1v) is 5.82. The third-order valence-corrected chi connectivity index (χ3v) is 2.66. The van der Waals surface area contributed by atoms with Gasteiger partial charge in [0.15, 0.2) is 0 Å². The molecule has 0 saturated heterocycles. The molecule has 0 aromatic carbocycles. The van der Waals surface area contributed by atoms with Crippen LogP contribution in [-0.4, -0.2) is 12.6 Å². The van der Waals surface area contributed by atoms with Gasteiger partial charge in [-0.1, -0.05) is 41.5 Å². The highest BCUT2D eigenvalue weighted by molar-refractivity contribution is 5.69. The van der Waals surface area contributed by atoms with Gasteiger partial charge < -0.3 is 4.74 Å². The lowest BCUT2D eigenvalue weighted by Crippen LogP contribution is -2.21. The van der Waals surface area contributed by atoms with Gasteiger partial charge in [-0.3, -0.25) is 4.79 Å². The molecule has 0 unspecified atom stereocenters. The molecule has 0 N–H and O–H groups in total. The Labute approximate surface area is 94.4 Å². The topological polar surface area (TPSA) is 26.3 Å². The Morgan fingerprint density at radius 3 is 2.07 bits per heavy atom. The van der Waals surface area contributed by atoms with Gasteiger partial charge in [0.1, 0.15) is 0 Å². The quantitative estimate of drug-likeness (QED) is 0.651. The minimum absolute atomic E-state index is 0.0635. The molecule has 0 aliphatic rings. The molecule has 0 bridgehead atoms. The van der Waals surface area contributed by atoms with E-state index in [2.05, 4.69) is 41.5 Å². The first-order valence-electron chi connectivity index (χ1n) is 5.82. The van der Waals surface area contributed by atoms with Crippen molar-refractivity contribution >= 4 is 5.97 Å². The molecule has 0 radical (unpaired) electrons. The van der Waals surface area contributed by atoms with E-state index in [0.29, 0.717) is 13.0 Å². The van der Waals surface area contributed by atoms with E-state index in [1.807, 2.05) is 0 Å². The number of hydrogen-bond donors (Lipinski definition) is 0. The summed E-state index contributed by atoms with van der Waals surface area (Å²) in [7, 11) is 0. The molecule has 0 aromatic heterocycles. The Morgan fingerprint density at radius 1 is 1.13 bits per heavy atom. The number of esters is 1. The molecule has 0 amide bonds. The lowest BCUT2D eigenvalue weighted by molar-refractivity contribution is -0.147. The molecule has 0 saturated carbocycles.